The molecule has 0 saturated heterocycles. The van der Waals surface area contributed by atoms with Gasteiger partial charge in [-0.05, 0) is 42.5 Å². The van der Waals surface area contributed by atoms with Crippen LogP contribution in [0.25, 0.3) is 0 Å². The van der Waals surface area contributed by atoms with Crippen molar-refractivity contribution < 1.29 is 0 Å². The maximum absolute atomic E-state index is 8.77. The molecule has 0 aliphatic carbocycles. The maximum atomic E-state index is 8.77. The lowest BCUT2D eigenvalue weighted by Gasteiger charge is -2.29. The van der Waals surface area contributed by atoms with Crippen LogP contribution in [0.5, 0.6) is 0 Å². The molecule has 1 N–H and O–H groups in total. The molecule has 0 spiro atoms. The Morgan fingerprint density at radius 3 is 2.17 bits per heavy atom. The lowest BCUT2D eigenvalue weighted by Crippen LogP contribution is -2.31. The van der Waals surface area contributed by atoms with E-state index in [2.05, 4.69) is 46.0 Å². The first kappa shape index (κ1) is 14.7. The average Bonchev–Trinajstić information content (AvgIpc) is 2.34. The highest BCUT2D eigenvalue weighted by molar-refractivity contribution is 5.32. The highest BCUT2D eigenvalue weighted by Crippen LogP contribution is 2.25. The second kappa shape index (κ2) is 6.02. The van der Waals surface area contributed by atoms with Crippen LogP contribution in [0.2, 0.25) is 0 Å². The van der Waals surface area contributed by atoms with Crippen LogP contribution in [0.1, 0.15) is 51.8 Å². The molecule has 2 unspecified atom stereocenters. The summed E-state index contributed by atoms with van der Waals surface area (Å²) in [5.41, 5.74) is 2.28. The van der Waals surface area contributed by atoms with Crippen molar-refractivity contribution >= 4 is 0 Å². The summed E-state index contributed by atoms with van der Waals surface area (Å²) in [6.07, 6.45) is 0. The first-order valence-corrected chi connectivity index (χ1v) is 6.58. The molecule has 1 aromatic carbocycles. The zero-order valence-electron chi connectivity index (χ0n) is 12.1. The molecule has 0 heterocycles. The van der Waals surface area contributed by atoms with Crippen molar-refractivity contribution in [1.82, 2.24) is 5.32 Å². The van der Waals surface area contributed by atoms with Crippen molar-refractivity contribution in [3.63, 3.8) is 0 Å². The summed E-state index contributed by atoms with van der Waals surface area (Å²) >= 11 is 0. The summed E-state index contributed by atoms with van der Waals surface area (Å²) in [6, 6.07) is 10.3. The molecule has 98 valence electrons. The summed E-state index contributed by atoms with van der Waals surface area (Å²) in [6.45, 7) is 12.3. The van der Waals surface area contributed by atoms with Gasteiger partial charge in [0.15, 0.2) is 0 Å². The van der Waals surface area contributed by atoms with E-state index < -0.39 is 0 Å². The van der Waals surface area contributed by atoms with Gasteiger partial charge in [-0.1, -0.05) is 39.8 Å². The fourth-order valence-corrected chi connectivity index (χ4v) is 1.62. The van der Waals surface area contributed by atoms with Crippen LogP contribution in [-0.4, -0.2) is 6.54 Å². The number of rotatable bonds is 4. The first-order valence-electron chi connectivity index (χ1n) is 6.58. The highest BCUT2D eigenvalue weighted by Gasteiger charge is 2.20. The topological polar surface area (TPSA) is 35.8 Å². The fourth-order valence-electron chi connectivity index (χ4n) is 1.62. The molecule has 0 aliphatic rings. The molecule has 2 nitrogen and oxygen atoms in total. The molecule has 0 bridgehead atoms. The molecule has 0 fully saturated rings. The Hall–Kier alpha value is -1.33. The predicted octanol–water partition coefficient (Wildman–Crippen LogP) is 3.89. The number of hydrogen-bond acceptors (Lipinski definition) is 2. The van der Waals surface area contributed by atoms with E-state index in [-0.39, 0.29) is 0 Å². The average molecular weight is 244 g/mol. The SMILES string of the molecule is CC(NCC(C)C(C)(C)C)c1ccc(C#N)cc1. The van der Waals surface area contributed by atoms with Crippen molar-refractivity contribution in [2.45, 2.75) is 40.7 Å². The van der Waals surface area contributed by atoms with Gasteiger partial charge in [-0.25, -0.2) is 0 Å². The van der Waals surface area contributed by atoms with Gasteiger partial charge >= 0.3 is 0 Å². The lowest BCUT2D eigenvalue weighted by atomic mass is 9.82. The van der Waals surface area contributed by atoms with Gasteiger partial charge in [-0.3, -0.25) is 0 Å². The van der Waals surface area contributed by atoms with Gasteiger partial charge < -0.3 is 5.32 Å². The molecule has 0 amide bonds. The first-order chi connectivity index (χ1) is 8.34. The van der Waals surface area contributed by atoms with Crippen LogP contribution in [0, 0.1) is 22.7 Å². The van der Waals surface area contributed by atoms with E-state index >= 15 is 0 Å². The number of hydrogen-bond donors (Lipinski definition) is 1. The van der Waals surface area contributed by atoms with E-state index in [1.807, 2.05) is 24.3 Å². The third kappa shape index (κ3) is 4.16. The third-order valence-electron chi connectivity index (χ3n) is 3.75. The van der Waals surface area contributed by atoms with Crippen LogP contribution in [0.15, 0.2) is 24.3 Å². The monoisotopic (exact) mass is 244 g/mol. The molecule has 0 aromatic heterocycles. The minimum Gasteiger partial charge on any atom is -0.310 e. The molecule has 2 atom stereocenters. The molecule has 1 rings (SSSR count). The van der Waals surface area contributed by atoms with E-state index in [0.29, 0.717) is 22.9 Å². The number of nitriles is 1. The molecule has 0 saturated carbocycles. The normalized spacial score (nSPS) is 14.9. The van der Waals surface area contributed by atoms with Crippen LogP contribution >= 0.6 is 0 Å². The van der Waals surface area contributed by atoms with Gasteiger partial charge in [0.25, 0.3) is 0 Å². The van der Waals surface area contributed by atoms with E-state index in [0.717, 1.165) is 6.54 Å². The van der Waals surface area contributed by atoms with Crippen LogP contribution < -0.4 is 5.32 Å². The largest absolute Gasteiger partial charge is 0.310 e. The van der Waals surface area contributed by atoms with Crippen LogP contribution in [0.4, 0.5) is 0 Å². The Morgan fingerprint density at radius 1 is 1.17 bits per heavy atom. The second-order valence-electron chi connectivity index (χ2n) is 6.13. The fraction of sp³-hybridized carbons (Fsp3) is 0.562. The van der Waals surface area contributed by atoms with Crippen molar-refractivity contribution in [2.75, 3.05) is 6.54 Å². The summed E-state index contributed by atoms with van der Waals surface area (Å²) < 4.78 is 0. The van der Waals surface area contributed by atoms with Crippen molar-refractivity contribution in [3.8, 4) is 6.07 Å². The van der Waals surface area contributed by atoms with Crippen molar-refractivity contribution in [3.05, 3.63) is 35.4 Å². The predicted molar refractivity (Wildman–Crippen MR) is 76.2 cm³/mol. The lowest BCUT2D eigenvalue weighted by molar-refractivity contribution is 0.247. The summed E-state index contributed by atoms with van der Waals surface area (Å²) in [5, 5.41) is 12.3. The van der Waals surface area contributed by atoms with E-state index in [1.54, 1.807) is 0 Å². The molecule has 0 radical (unpaired) electrons. The van der Waals surface area contributed by atoms with Gasteiger partial charge in [0.1, 0.15) is 0 Å². The molecule has 2 heteroatoms. The Labute approximate surface area is 111 Å². The van der Waals surface area contributed by atoms with Crippen LogP contribution in [0.3, 0.4) is 0 Å². The zero-order chi connectivity index (χ0) is 13.8. The minimum absolute atomic E-state index is 0.322. The summed E-state index contributed by atoms with van der Waals surface area (Å²) in [4.78, 5) is 0. The Balaban J connectivity index is 2.55. The van der Waals surface area contributed by atoms with Gasteiger partial charge in [0.2, 0.25) is 0 Å². The van der Waals surface area contributed by atoms with Crippen LogP contribution in [-0.2, 0) is 0 Å². The Morgan fingerprint density at radius 2 is 1.72 bits per heavy atom. The smallest absolute Gasteiger partial charge is 0.0991 e. The molecule has 1 aromatic rings. The minimum atomic E-state index is 0.322. The molecule has 0 aliphatic heterocycles. The van der Waals surface area contributed by atoms with E-state index in [4.69, 9.17) is 5.26 Å². The Bertz CT molecular complexity index is 406. The van der Waals surface area contributed by atoms with Gasteiger partial charge in [-0.15, -0.1) is 0 Å². The quantitative estimate of drug-likeness (QED) is 0.872. The molecular weight excluding hydrogens is 220 g/mol. The maximum Gasteiger partial charge on any atom is 0.0991 e. The van der Waals surface area contributed by atoms with Crippen molar-refractivity contribution in [2.24, 2.45) is 11.3 Å². The van der Waals surface area contributed by atoms with E-state index in [1.165, 1.54) is 5.56 Å². The zero-order valence-corrected chi connectivity index (χ0v) is 12.1. The highest BCUT2D eigenvalue weighted by atomic mass is 14.9. The third-order valence-corrected chi connectivity index (χ3v) is 3.75. The summed E-state index contributed by atoms with van der Waals surface area (Å²) in [7, 11) is 0. The molecule has 18 heavy (non-hydrogen) atoms. The second-order valence-corrected chi connectivity index (χ2v) is 6.13. The Kier molecular flexibility index (Phi) is 4.93. The van der Waals surface area contributed by atoms with E-state index in [9.17, 15) is 0 Å². The number of nitrogens with one attached hydrogen (secondary N) is 1. The standard InChI is InChI=1S/C16H24N2/c1-12(16(3,4)5)11-18-13(2)15-8-6-14(10-17)7-9-15/h6-9,12-13,18H,11H2,1-5H3. The summed E-state index contributed by atoms with van der Waals surface area (Å²) in [5.74, 6) is 0.623. The molecular formula is C16H24N2. The van der Waals surface area contributed by atoms with Gasteiger partial charge in [0, 0.05) is 6.04 Å². The van der Waals surface area contributed by atoms with Gasteiger partial charge in [-0.2, -0.15) is 5.26 Å². The number of benzene rings is 1. The van der Waals surface area contributed by atoms with Crippen molar-refractivity contribution in [1.29, 1.82) is 5.26 Å². The number of nitrogens with zero attached hydrogens (tertiary/aromatic N) is 1. The van der Waals surface area contributed by atoms with Gasteiger partial charge in [0.05, 0.1) is 11.6 Å².